The fourth-order valence-corrected chi connectivity index (χ4v) is 2.94. The molecular weight excluding hydrogens is 294 g/mol. The van der Waals surface area contributed by atoms with Gasteiger partial charge < -0.3 is 10.4 Å². The van der Waals surface area contributed by atoms with Gasteiger partial charge in [0, 0.05) is 19.0 Å². The molecule has 0 radical (unpaired) electrons. The van der Waals surface area contributed by atoms with Gasteiger partial charge in [-0.25, -0.2) is 9.97 Å². The zero-order valence-corrected chi connectivity index (χ0v) is 12.9. The molecule has 0 unspecified atom stereocenters. The summed E-state index contributed by atoms with van der Waals surface area (Å²) < 4.78 is 0. The van der Waals surface area contributed by atoms with Crippen LogP contribution in [0.2, 0.25) is 0 Å². The maximum Gasteiger partial charge on any atom is 0.188 e. The molecule has 1 aromatic carbocycles. The lowest BCUT2D eigenvalue weighted by Gasteiger charge is -2.03. The number of aliphatic hydroxyl groups is 1. The van der Waals surface area contributed by atoms with E-state index in [0.717, 1.165) is 34.2 Å². The molecule has 5 heteroatoms. The molecule has 0 atom stereocenters. The van der Waals surface area contributed by atoms with Crippen LogP contribution in [-0.2, 0) is 6.42 Å². The quantitative estimate of drug-likeness (QED) is 0.725. The third-order valence-corrected chi connectivity index (χ3v) is 4.21. The van der Waals surface area contributed by atoms with Gasteiger partial charge in [-0.05, 0) is 30.0 Å². The summed E-state index contributed by atoms with van der Waals surface area (Å²) in [7, 11) is 0. The highest BCUT2D eigenvalue weighted by Crippen LogP contribution is 2.29. The Hall–Kier alpha value is -2.24. The second-order valence-corrected chi connectivity index (χ2v) is 5.93. The molecule has 3 rings (SSSR count). The van der Waals surface area contributed by atoms with Crippen LogP contribution < -0.4 is 5.32 Å². The van der Waals surface area contributed by atoms with Gasteiger partial charge in [0.05, 0.1) is 4.88 Å². The second-order valence-electron chi connectivity index (χ2n) is 4.90. The van der Waals surface area contributed by atoms with Crippen molar-refractivity contribution < 1.29 is 5.11 Å². The predicted octanol–water partition coefficient (Wildman–Crippen LogP) is 3.87. The third kappa shape index (κ3) is 3.69. The molecule has 0 spiro atoms. The number of aromatic nitrogens is 2. The van der Waals surface area contributed by atoms with Gasteiger partial charge in [0.1, 0.15) is 5.82 Å². The maximum absolute atomic E-state index is 8.83. The first-order chi connectivity index (χ1) is 10.8. The van der Waals surface area contributed by atoms with Gasteiger partial charge in [-0.3, -0.25) is 0 Å². The molecule has 0 saturated carbocycles. The van der Waals surface area contributed by atoms with Crippen molar-refractivity contribution in [3.05, 3.63) is 60.4 Å². The van der Waals surface area contributed by atoms with E-state index in [1.807, 2.05) is 42.7 Å². The average Bonchev–Trinajstić information content (AvgIpc) is 3.04. The topological polar surface area (TPSA) is 58.0 Å². The number of hydrogen-bond acceptors (Lipinski definition) is 5. The van der Waals surface area contributed by atoms with Crippen molar-refractivity contribution in [1.29, 1.82) is 0 Å². The van der Waals surface area contributed by atoms with Crippen molar-refractivity contribution in [3.8, 4) is 10.4 Å². The van der Waals surface area contributed by atoms with Crippen LogP contribution in [0.15, 0.2) is 54.9 Å². The van der Waals surface area contributed by atoms with Crippen molar-refractivity contribution in [3.63, 3.8) is 0 Å². The molecule has 4 nitrogen and oxygen atoms in total. The lowest BCUT2D eigenvalue weighted by Crippen LogP contribution is -1.95. The summed E-state index contributed by atoms with van der Waals surface area (Å²) in [5, 5.41) is 12.9. The minimum Gasteiger partial charge on any atom is -0.396 e. The number of nitrogens with zero attached hydrogens (tertiary/aromatic N) is 2. The fourth-order valence-electron chi connectivity index (χ4n) is 2.11. The Bertz CT molecular complexity index is 710. The molecule has 2 aromatic heterocycles. The second kappa shape index (κ2) is 7.15. The van der Waals surface area contributed by atoms with E-state index in [1.165, 1.54) is 5.56 Å². The number of pyridine rings is 1. The van der Waals surface area contributed by atoms with E-state index in [1.54, 1.807) is 11.3 Å². The van der Waals surface area contributed by atoms with Crippen molar-refractivity contribution in [1.82, 2.24) is 9.97 Å². The minimum atomic E-state index is 0.210. The molecule has 0 amide bonds. The van der Waals surface area contributed by atoms with Gasteiger partial charge in [0.25, 0.3) is 0 Å². The van der Waals surface area contributed by atoms with E-state index in [9.17, 15) is 0 Å². The summed E-state index contributed by atoms with van der Waals surface area (Å²) in [5.41, 5.74) is 2.30. The van der Waals surface area contributed by atoms with Gasteiger partial charge in [-0.2, -0.15) is 0 Å². The number of aliphatic hydroxyl groups excluding tert-OH is 1. The van der Waals surface area contributed by atoms with Crippen molar-refractivity contribution in [2.75, 3.05) is 11.9 Å². The van der Waals surface area contributed by atoms with E-state index in [0.29, 0.717) is 0 Å². The molecule has 0 aliphatic heterocycles. The van der Waals surface area contributed by atoms with Gasteiger partial charge in [0.2, 0.25) is 0 Å². The Morgan fingerprint density at radius 1 is 1.00 bits per heavy atom. The van der Waals surface area contributed by atoms with Gasteiger partial charge in [0.15, 0.2) is 5.13 Å². The smallest absolute Gasteiger partial charge is 0.188 e. The highest BCUT2D eigenvalue weighted by atomic mass is 32.1. The zero-order valence-electron chi connectivity index (χ0n) is 12.1. The summed E-state index contributed by atoms with van der Waals surface area (Å²) >= 11 is 1.60. The van der Waals surface area contributed by atoms with E-state index in [2.05, 4.69) is 27.4 Å². The lowest BCUT2D eigenvalue weighted by atomic mass is 10.2. The zero-order chi connectivity index (χ0) is 15.2. The monoisotopic (exact) mass is 311 g/mol. The Balaban J connectivity index is 1.67. The summed E-state index contributed by atoms with van der Waals surface area (Å²) in [5.74, 6) is 0.779. The van der Waals surface area contributed by atoms with Crippen LogP contribution in [0.3, 0.4) is 0 Å². The molecule has 0 aliphatic rings. The van der Waals surface area contributed by atoms with Crippen molar-refractivity contribution in [2.24, 2.45) is 0 Å². The highest BCUT2D eigenvalue weighted by molar-refractivity contribution is 7.18. The largest absolute Gasteiger partial charge is 0.396 e. The number of hydrogen-bond donors (Lipinski definition) is 2. The molecule has 2 heterocycles. The number of anilines is 2. The Morgan fingerprint density at radius 2 is 1.86 bits per heavy atom. The highest BCUT2D eigenvalue weighted by Gasteiger charge is 2.05. The first-order valence-corrected chi connectivity index (χ1v) is 8.01. The van der Waals surface area contributed by atoms with Crippen LogP contribution >= 0.6 is 11.3 Å². The number of aryl methyl sites for hydroxylation is 1. The lowest BCUT2D eigenvalue weighted by molar-refractivity contribution is 0.288. The van der Waals surface area contributed by atoms with E-state index in [4.69, 9.17) is 5.11 Å². The molecule has 0 saturated heterocycles. The van der Waals surface area contributed by atoms with Crippen molar-refractivity contribution in [2.45, 2.75) is 12.8 Å². The molecule has 112 valence electrons. The molecule has 2 N–H and O–H groups in total. The molecule has 22 heavy (non-hydrogen) atoms. The van der Waals surface area contributed by atoms with E-state index < -0.39 is 0 Å². The SMILES string of the molecule is OCCCc1ccc(Nc2ncc(-c3ccccc3)s2)nc1. The van der Waals surface area contributed by atoms with Crippen LogP contribution in [0.1, 0.15) is 12.0 Å². The standard InChI is InChI=1S/C17H17N3OS/c21-10-4-5-13-8-9-16(18-11-13)20-17-19-12-15(22-17)14-6-2-1-3-7-14/h1-3,6-9,11-12,21H,4-5,10H2,(H,18,19,20). The predicted molar refractivity (Wildman–Crippen MR) is 90.5 cm³/mol. The maximum atomic E-state index is 8.83. The first kappa shape index (κ1) is 14.7. The van der Waals surface area contributed by atoms with E-state index in [-0.39, 0.29) is 6.61 Å². The summed E-state index contributed by atoms with van der Waals surface area (Å²) in [6.07, 6.45) is 5.32. The number of thiazole rings is 1. The van der Waals surface area contributed by atoms with Crippen LogP contribution in [0.4, 0.5) is 10.9 Å². The van der Waals surface area contributed by atoms with Crippen LogP contribution in [0.25, 0.3) is 10.4 Å². The van der Waals surface area contributed by atoms with Crippen LogP contribution in [0, 0.1) is 0 Å². The Kier molecular flexibility index (Phi) is 4.78. The fraction of sp³-hybridized carbons (Fsp3) is 0.176. The number of benzene rings is 1. The van der Waals surface area contributed by atoms with Gasteiger partial charge >= 0.3 is 0 Å². The number of rotatable bonds is 6. The van der Waals surface area contributed by atoms with E-state index >= 15 is 0 Å². The third-order valence-electron chi connectivity index (χ3n) is 3.25. The normalized spacial score (nSPS) is 10.6. The molecule has 3 aromatic rings. The van der Waals surface area contributed by atoms with Gasteiger partial charge in [-0.1, -0.05) is 47.7 Å². The van der Waals surface area contributed by atoms with Crippen molar-refractivity contribution >= 4 is 22.3 Å². The molecule has 0 aliphatic carbocycles. The van der Waals surface area contributed by atoms with Crippen LogP contribution in [0.5, 0.6) is 0 Å². The molecular formula is C17H17N3OS. The summed E-state index contributed by atoms with van der Waals surface area (Å²) in [6, 6.07) is 14.2. The Labute approximate surface area is 133 Å². The molecule has 0 fully saturated rings. The Morgan fingerprint density at radius 3 is 2.59 bits per heavy atom. The van der Waals surface area contributed by atoms with Crippen LogP contribution in [-0.4, -0.2) is 21.7 Å². The average molecular weight is 311 g/mol. The van der Waals surface area contributed by atoms with Gasteiger partial charge in [-0.15, -0.1) is 0 Å². The summed E-state index contributed by atoms with van der Waals surface area (Å²) in [4.78, 5) is 9.90. The number of nitrogens with one attached hydrogen (secondary N) is 1. The first-order valence-electron chi connectivity index (χ1n) is 7.19. The summed E-state index contributed by atoms with van der Waals surface area (Å²) in [6.45, 7) is 0.210. The minimum absolute atomic E-state index is 0.210. The molecule has 0 bridgehead atoms.